The number of anilines is 3. The number of hydrogen-bond donors (Lipinski definition) is 2. The summed E-state index contributed by atoms with van der Waals surface area (Å²) in [4.78, 5) is 19.4. The van der Waals surface area contributed by atoms with Gasteiger partial charge in [0.05, 0.1) is 46.5 Å². The Kier molecular flexibility index (Phi) is 8.24. The molecule has 0 radical (unpaired) electrons. The second-order valence-corrected chi connectivity index (χ2v) is 9.09. The number of aryl methyl sites for hydroxylation is 2. The van der Waals surface area contributed by atoms with Crippen LogP contribution in [0.15, 0.2) is 48.7 Å². The Morgan fingerprint density at radius 1 is 1.21 bits per heavy atom. The number of likely N-dealkylation sites (N-methyl/N-ethyl adjacent to an activating group) is 1. The van der Waals surface area contributed by atoms with Crippen molar-refractivity contribution in [3.8, 4) is 11.8 Å². The molecule has 0 saturated heterocycles. The topological polar surface area (TPSA) is 108 Å². The van der Waals surface area contributed by atoms with Gasteiger partial charge in [0.2, 0.25) is 5.91 Å². The molecule has 196 valence electrons. The molecule has 0 aliphatic rings. The molecule has 2 heterocycles. The SMILES string of the molecule is CCOc1cc2nc(CC)c(C#N)c(Nc3ccc4c(cnn4CC)c3)c2cc1NC(=O)/C=C/CN(C)C. The third kappa shape index (κ3) is 5.61. The number of hydrogen-bond acceptors (Lipinski definition) is 7. The maximum atomic E-state index is 12.7. The Balaban J connectivity index is 1.83. The van der Waals surface area contributed by atoms with Crippen molar-refractivity contribution in [2.75, 3.05) is 37.9 Å². The number of nitrogens with one attached hydrogen (secondary N) is 2. The lowest BCUT2D eigenvalue weighted by atomic mass is 10.0. The number of fused-ring (bicyclic) bond motifs is 2. The summed E-state index contributed by atoms with van der Waals surface area (Å²) in [5.41, 5.74) is 4.85. The Labute approximate surface area is 222 Å². The van der Waals surface area contributed by atoms with E-state index < -0.39 is 0 Å². The van der Waals surface area contributed by atoms with Gasteiger partial charge in [0.1, 0.15) is 11.8 Å². The smallest absolute Gasteiger partial charge is 0.248 e. The highest BCUT2D eigenvalue weighted by atomic mass is 16.5. The first-order valence-electron chi connectivity index (χ1n) is 12.8. The van der Waals surface area contributed by atoms with Crippen LogP contribution in [-0.2, 0) is 17.8 Å². The zero-order valence-electron chi connectivity index (χ0n) is 22.5. The Morgan fingerprint density at radius 3 is 2.71 bits per heavy atom. The van der Waals surface area contributed by atoms with E-state index in [1.54, 1.807) is 6.08 Å². The number of carbonyl (C=O) groups is 1. The quantitative estimate of drug-likeness (QED) is 0.280. The fourth-order valence-electron chi connectivity index (χ4n) is 4.33. The summed E-state index contributed by atoms with van der Waals surface area (Å²) in [6.07, 6.45) is 5.73. The van der Waals surface area contributed by atoms with Gasteiger partial charge in [0, 0.05) is 41.7 Å². The summed E-state index contributed by atoms with van der Waals surface area (Å²) in [6, 6.07) is 12.0. The van der Waals surface area contributed by atoms with Crippen LogP contribution in [0.25, 0.3) is 21.8 Å². The van der Waals surface area contributed by atoms with Crippen molar-refractivity contribution in [3.05, 3.63) is 59.9 Å². The molecule has 2 aromatic heterocycles. The molecule has 0 unspecified atom stereocenters. The van der Waals surface area contributed by atoms with Gasteiger partial charge >= 0.3 is 0 Å². The molecule has 0 aliphatic carbocycles. The Bertz CT molecular complexity index is 1550. The normalized spacial score (nSPS) is 11.4. The van der Waals surface area contributed by atoms with Crippen LogP contribution >= 0.6 is 0 Å². The van der Waals surface area contributed by atoms with Gasteiger partial charge in [-0.15, -0.1) is 0 Å². The van der Waals surface area contributed by atoms with Crippen LogP contribution in [0.5, 0.6) is 5.75 Å². The number of benzene rings is 2. The predicted molar refractivity (Wildman–Crippen MR) is 152 cm³/mol. The molecule has 38 heavy (non-hydrogen) atoms. The van der Waals surface area contributed by atoms with E-state index in [-0.39, 0.29) is 5.91 Å². The first-order chi connectivity index (χ1) is 18.4. The molecule has 0 bridgehead atoms. The second-order valence-electron chi connectivity index (χ2n) is 9.09. The third-order valence-corrected chi connectivity index (χ3v) is 6.12. The highest BCUT2D eigenvalue weighted by Crippen LogP contribution is 2.38. The zero-order valence-corrected chi connectivity index (χ0v) is 22.5. The van der Waals surface area contributed by atoms with Gasteiger partial charge in [-0.1, -0.05) is 13.0 Å². The van der Waals surface area contributed by atoms with Gasteiger partial charge in [-0.25, -0.2) is 0 Å². The van der Waals surface area contributed by atoms with Crippen LogP contribution in [0.3, 0.4) is 0 Å². The van der Waals surface area contributed by atoms with Gasteiger partial charge in [-0.05, 0) is 58.6 Å². The number of aromatic nitrogens is 3. The van der Waals surface area contributed by atoms with E-state index >= 15 is 0 Å². The van der Waals surface area contributed by atoms with Crippen LogP contribution in [0.2, 0.25) is 0 Å². The molecule has 1 amide bonds. The third-order valence-electron chi connectivity index (χ3n) is 6.12. The van der Waals surface area contributed by atoms with Crippen LogP contribution in [0.1, 0.15) is 32.0 Å². The molecule has 2 N–H and O–H groups in total. The van der Waals surface area contributed by atoms with Crippen LogP contribution in [0, 0.1) is 11.3 Å². The molecule has 0 fully saturated rings. The zero-order chi connectivity index (χ0) is 27.2. The van der Waals surface area contributed by atoms with Crippen molar-refractivity contribution in [2.45, 2.75) is 33.7 Å². The number of nitrogens with zero attached hydrogens (tertiary/aromatic N) is 5. The molecule has 4 rings (SSSR count). The fourth-order valence-corrected chi connectivity index (χ4v) is 4.33. The van der Waals surface area contributed by atoms with Gasteiger partial charge in [-0.3, -0.25) is 14.5 Å². The Hall–Kier alpha value is -4.42. The molecule has 9 heteroatoms. The van der Waals surface area contributed by atoms with Crippen molar-refractivity contribution in [3.63, 3.8) is 0 Å². The fraction of sp³-hybridized carbons (Fsp3) is 0.310. The summed E-state index contributed by atoms with van der Waals surface area (Å²) in [5.74, 6) is 0.256. The maximum absolute atomic E-state index is 12.7. The molecule has 2 aromatic carbocycles. The minimum Gasteiger partial charge on any atom is -0.492 e. The Morgan fingerprint density at radius 2 is 2.03 bits per heavy atom. The van der Waals surface area contributed by atoms with E-state index in [0.29, 0.717) is 58.9 Å². The number of nitriles is 1. The van der Waals surface area contributed by atoms with Crippen molar-refractivity contribution in [1.82, 2.24) is 19.7 Å². The number of pyridine rings is 1. The lowest BCUT2D eigenvalue weighted by molar-refractivity contribution is -0.111. The van der Waals surface area contributed by atoms with Crippen LogP contribution in [-0.4, -0.2) is 52.8 Å². The molecular formula is C29H33N7O2. The first-order valence-corrected chi connectivity index (χ1v) is 12.8. The minimum absolute atomic E-state index is 0.265. The molecule has 4 aromatic rings. The van der Waals surface area contributed by atoms with Crippen molar-refractivity contribution >= 4 is 44.8 Å². The van der Waals surface area contributed by atoms with E-state index in [1.165, 1.54) is 6.08 Å². The number of ether oxygens (including phenoxy) is 1. The first kappa shape index (κ1) is 26.6. The van der Waals surface area contributed by atoms with Crippen molar-refractivity contribution in [2.24, 2.45) is 0 Å². The summed E-state index contributed by atoms with van der Waals surface area (Å²) >= 11 is 0. The monoisotopic (exact) mass is 511 g/mol. The summed E-state index contributed by atoms with van der Waals surface area (Å²) in [7, 11) is 3.87. The molecule has 0 spiro atoms. The predicted octanol–water partition coefficient (Wildman–Crippen LogP) is 5.24. The van der Waals surface area contributed by atoms with Gasteiger partial charge in [0.15, 0.2) is 0 Å². The van der Waals surface area contributed by atoms with Crippen LogP contribution < -0.4 is 15.4 Å². The molecule has 0 saturated carbocycles. The highest BCUT2D eigenvalue weighted by Gasteiger charge is 2.18. The van der Waals surface area contributed by atoms with E-state index in [2.05, 4.69) is 28.7 Å². The average molecular weight is 512 g/mol. The molecular weight excluding hydrogens is 478 g/mol. The van der Waals surface area contributed by atoms with E-state index in [1.807, 2.05) is 74.1 Å². The largest absolute Gasteiger partial charge is 0.492 e. The van der Waals surface area contributed by atoms with Crippen LogP contribution in [0.4, 0.5) is 17.1 Å². The summed E-state index contributed by atoms with van der Waals surface area (Å²) in [5, 5.41) is 22.7. The van der Waals surface area contributed by atoms with E-state index in [9.17, 15) is 10.1 Å². The highest BCUT2D eigenvalue weighted by molar-refractivity contribution is 6.05. The maximum Gasteiger partial charge on any atom is 0.248 e. The number of rotatable bonds is 10. The van der Waals surface area contributed by atoms with Crippen molar-refractivity contribution in [1.29, 1.82) is 5.26 Å². The average Bonchev–Trinajstić information content (AvgIpc) is 3.31. The second kappa shape index (κ2) is 11.8. The molecule has 0 aliphatic heterocycles. The number of amides is 1. The standard InChI is InChI=1S/C29H33N7O2/c1-6-23-22(17-30)29(32-20-11-12-26-19(14-20)18-31-36(26)7-2)21-15-25(27(38-8-3)16-24(21)33-23)34-28(37)10-9-13-35(4)5/h9-12,14-16,18H,6-8,13H2,1-5H3,(H,32,33)(H,34,37)/b10-9+. The van der Waals surface area contributed by atoms with Gasteiger partial charge in [0.25, 0.3) is 0 Å². The van der Waals surface area contributed by atoms with E-state index in [4.69, 9.17) is 9.72 Å². The molecule has 9 nitrogen and oxygen atoms in total. The van der Waals surface area contributed by atoms with E-state index in [0.717, 1.165) is 23.1 Å². The van der Waals surface area contributed by atoms with Crippen molar-refractivity contribution < 1.29 is 9.53 Å². The number of carbonyl (C=O) groups excluding carboxylic acids is 1. The summed E-state index contributed by atoms with van der Waals surface area (Å²) in [6.45, 7) is 7.78. The lowest BCUT2D eigenvalue weighted by Crippen LogP contribution is -2.13. The van der Waals surface area contributed by atoms with Gasteiger partial charge in [-0.2, -0.15) is 10.4 Å². The summed E-state index contributed by atoms with van der Waals surface area (Å²) < 4.78 is 7.79. The molecule has 0 atom stereocenters. The van der Waals surface area contributed by atoms with Gasteiger partial charge < -0.3 is 20.3 Å². The minimum atomic E-state index is -0.265. The lowest BCUT2D eigenvalue weighted by Gasteiger charge is -2.18.